The van der Waals surface area contributed by atoms with Gasteiger partial charge in [-0.3, -0.25) is 0 Å². The Hall–Kier alpha value is -0.800. The van der Waals surface area contributed by atoms with Crippen molar-refractivity contribution in [2.24, 2.45) is 0 Å². The van der Waals surface area contributed by atoms with Crippen molar-refractivity contribution < 1.29 is 17.6 Å². The van der Waals surface area contributed by atoms with E-state index in [4.69, 9.17) is 0 Å². The summed E-state index contributed by atoms with van der Waals surface area (Å²) < 4.78 is 43.8. The Morgan fingerprint density at radius 3 is 1.88 bits per heavy atom. The van der Waals surface area contributed by atoms with Gasteiger partial charge in [-0.15, -0.1) is 0 Å². The fourth-order valence-corrected chi connectivity index (χ4v) is 0.102. The second kappa shape index (κ2) is 3.23. The Bertz CT molecular complexity index is 120. The van der Waals surface area contributed by atoms with Gasteiger partial charge in [0, 0.05) is 0 Å². The molecule has 0 aromatic carbocycles. The number of allylic oxidation sites excluding steroid dienone is 2. The summed E-state index contributed by atoms with van der Waals surface area (Å²) in [6.45, 7) is 0. The van der Waals surface area contributed by atoms with E-state index in [0.717, 1.165) is 6.08 Å². The fraction of sp³-hybridized carbons (Fsp3) is 0. The van der Waals surface area contributed by atoms with Crippen LogP contribution in [0.5, 0.6) is 0 Å². The van der Waals surface area contributed by atoms with Crippen molar-refractivity contribution in [3.05, 3.63) is 24.3 Å². The third-order valence-electron chi connectivity index (χ3n) is 0.347. The third-order valence-corrected chi connectivity index (χ3v) is 0.347. The molecule has 0 saturated heterocycles. The van der Waals surface area contributed by atoms with Crippen molar-refractivity contribution in [2.75, 3.05) is 0 Å². The van der Waals surface area contributed by atoms with Crippen LogP contribution < -0.4 is 0 Å². The summed E-state index contributed by atoms with van der Waals surface area (Å²) in [5.41, 5.74) is 0. The molecule has 0 aliphatic heterocycles. The van der Waals surface area contributed by atoms with E-state index in [1.54, 1.807) is 0 Å². The van der Waals surface area contributed by atoms with Crippen LogP contribution in [0.3, 0.4) is 0 Å². The second-order valence-corrected chi connectivity index (χ2v) is 0.828. The zero-order valence-corrected chi connectivity index (χ0v) is 3.59. The normalized spacial score (nSPS) is 10.0. The van der Waals surface area contributed by atoms with Gasteiger partial charge in [0.15, 0.2) is 5.83 Å². The molecular weight excluding hydrogens is 124 g/mol. The van der Waals surface area contributed by atoms with Crippen LogP contribution in [0.1, 0.15) is 0 Å². The predicted molar refractivity (Wildman–Crippen MR) is 19.3 cm³/mol. The quantitative estimate of drug-likeness (QED) is 0.372. The van der Waals surface area contributed by atoms with E-state index in [2.05, 4.69) is 0 Å². The first-order valence-electron chi connectivity index (χ1n) is 1.57. The van der Waals surface area contributed by atoms with E-state index in [-0.39, 0.29) is 0 Å². The monoisotopic (exact) mass is 125 g/mol. The van der Waals surface area contributed by atoms with Gasteiger partial charge in [0.25, 0.3) is 0 Å². The van der Waals surface area contributed by atoms with E-state index in [0.29, 0.717) is 0 Å². The molecule has 0 atom stereocenters. The summed E-state index contributed by atoms with van der Waals surface area (Å²) in [6, 6.07) is 0. The molecule has 0 amide bonds. The van der Waals surface area contributed by atoms with Gasteiger partial charge in [-0.05, 0) is 0 Å². The molecule has 1 radical (unpaired) electrons. The highest BCUT2D eigenvalue weighted by atomic mass is 19.3. The Morgan fingerprint density at radius 1 is 1.25 bits per heavy atom. The maximum Gasteiger partial charge on any atom is 0.306 e. The molecule has 4 heteroatoms. The van der Waals surface area contributed by atoms with Crippen LogP contribution in [0.4, 0.5) is 17.6 Å². The van der Waals surface area contributed by atoms with Crippen LogP contribution in [0.15, 0.2) is 18.2 Å². The number of halogens is 4. The van der Waals surface area contributed by atoms with Gasteiger partial charge in [-0.2, -0.15) is 8.78 Å². The highest BCUT2D eigenvalue weighted by Gasteiger charge is 1.98. The lowest BCUT2D eigenvalue weighted by molar-refractivity contribution is 0.384. The molecule has 0 rings (SSSR count). The molecule has 0 spiro atoms. The average Bonchev–Trinajstić information content (AvgIpc) is 1.67. The lowest BCUT2D eigenvalue weighted by atomic mass is 10.6. The standard InChI is InChI=1S/C4HF4/c5-2-1-3(6)4(7)8/h2H. The van der Waals surface area contributed by atoms with Crippen molar-refractivity contribution in [1.82, 2.24) is 0 Å². The molecule has 0 aliphatic rings. The topological polar surface area (TPSA) is 0 Å². The largest absolute Gasteiger partial charge is 0.306 e. The molecule has 0 bridgehead atoms. The summed E-state index contributed by atoms with van der Waals surface area (Å²) >= 11 is 0. The lowest BCUT2D eigenvalue weighted by Gasteiger charge is -1.76. The maximum atomic E-state index is 11.3. The highest BCUT2D eigenvalue weighted by Crippen LogP contribution is 2.08. The lowest BCUT2D eigenvalue weighted by Crippen LogP contribution is -1.65. The van der Waals surface area contributed by atoms with Crippen molar-refractivity contribution in [2.45, 2.75) is 0 Å². The molecule has 0 saturated carbocycles. The van der Waals surface area contributed by atoms with E-state index < -0.39 is 18.2 Å². The molecule has 0 unspecified atom stereocenters. The van der Waals surface area contributed by atoms with E-state index in [9.17, 15) is 17.6 Å². The number of hydrogen-bond donors (Lipinski definition) is 0. The summed E-state index contributed by atoms with van der Waals surface area (Å²) in [6.07, 6.45) is -1.98. The first-order valence-corrected chi connectivity index (χ1v) is 1.57. The SMILES string of the molecule is F/C=[C]/C(F)=C(F)F. The first-order chi connectivity index (χ1) is 3.68. The molecule has 0 fully saturated rings. The van der Waals surface area contributed by atoms with Crippen molar-refractivity contribution in [1.29, 1.82) is 0 Å². The summed E-state index contributed by atoms with van der Waals surface area (Å²) in [5.74, 6) is -1.97. The van der Waals surface area contributed by atoms with Gasteiger partial charge in [-0.1, -0.05) is 0 Å². The molecule has 8 heavy (non-hydrogen) atoms. The molecule has 0 aliphatic carbocycles. The van der Waals surface area contributed by atoms with Crippen LogP contribution >= 0.6 is 0 Å². The first kappa shape index (κ1) is 7.20. The van der Waals surface area contributed by atoms with Gasteiger partial charge >= 0.3 is 6.08 Å². The predicted octanol–water partition coefficient (Wildman–Crippen LogP) is 2.35. The van der Waals surface area contributed by atoms with Gasteiger partial charge in [0.1, 0.15) is 0 Å². The summed E-state index contributed by atoms with van der Waals surface area (Å²) in [4.78, 5) is 0. The Morgan fingerprint density at radius 2 is 1.75 bits per heavy atom. The highest BCUT2D eigenvalue weighted by molar-refractivity contribution is 5.01. The van der Waals surface area contributed by atoms with Crippen molar-refractivity contribution >= 4 is 0 Å². The van der Waals surface area contributed by atoms with E-state index in [1.807, 2.05) is 0 Å². The molecule has 45 valence electrons. The third kappa shape index (κ3) is 2.39. The van der Waals surface area contributed by atoms with Crippen LogP contribution in [0.25, 0.3) is 0 Å². The van der Waals surface area contributed by atoms with Gasteiger partial charge < -0.3 is 0 Å². The molecule has 0 aromatic rings. The summed E-state index contributed by atoms with van der Waals surface area (Å²) in [7, 11) is 0. The average molecular weight is 125 g/mol. The van der Waals surface area contributed by atoms with Crippen molar-refractivity contribution in [3.63, 3.8) is 0 Å². The second-order valence-electron chi connectivity index (χ2n) is 0.828. The van der Waals surface area contributed by atoms with Crippen LogP contribution in [0, 0.1) is 6.08 Å². The maximum absolute atomic E-state index is 11.3. The minimum absolute atomic E-state index is 0.422. The van der Waals surface area contributed by atoms with E-state index >= 15 is 0 Å². The van der Waals surface area contributed by atoms with Crippen LogP contribution in [-0.2, 0) is 0 Å². The Labute approximate surface area is 43.1 Å². The molecule has 0 nitrogen and oxygen atoms in total. The Kier molecular flexibility index (Phi) is 2.91. The van der Waals surface area contributed by atoms with Gasteiger partial charge in [0.05, 0.1) is 12.4 Å². The van der Waals surface area contributed by atoms with Crippen LogP contribution in [-0.4, -0.2) is 0 Å². The zero-order valence-electron chi connectivity index (χ0n) is 3.59. The molecular formula is C4HF4. The zero-order chi connectivity index (χ0) is 6.57. The summed E-state index contributed by atoms with van der Waals surface area (Å²) in [5, 5.41) is 0. The molecule has 0 aromatic heterocycles. The minimum atomic E-state index is -2.57. The number of rotatable bonds is 1. The van der Waals surface area contributed by atoms with Crippen LogP contribution in [0.2, 0.25) is 0 Å². The Balaban J connectivity index is 4.00. The molecule has 0 heterocycles. The molecule has 0 N–H and O–H groups in total. The van der Waals surface area contributed by atoms with E-state index in [1.165, 1.54) is 0 Å². The number of hydrogen-bond acceptors (Lipinski definition) is 0. The smallest absolute Gasteiger partial charge is 0.215 e. The van der Waals surface area contributed by atoms with Gasteiger partial charge in [0.2, 0.25) is 0 Å². The van der Waals surface area contributed by atoms with Crippen molar-refractivity contribution in [3.8, 4) is 0 Å². The van der Waals surface area contributed by atoms with Gasteiger partial charge in [-0.25, -0.2) is 8.78 Å². The minimum Gasteiger partial charge on any atom is -0.215 e. The fourth-order valence-electron chi connectivity index (χ4n) is 0.102.